The number of ether oxygens (including phenoxy) is 1. The molecule has 0 saturated heterocycles. The number of amides is 1. The normalized spacial score (nSPS) is 11.0. The zero-order valence-electron chi connectivity index (χ0n) is 11.1. The van der Waals surface area contributed by atoms with E-state index < -0.39 is 5.91 Å². The van der Waals surface area contributed by atoms with Crippen molar-refractivity contribution in [2.45, 2.75) is 19.9 Å². The zero-order chi connectivity index (χ0) is 14.4. The number of hydrogen-bond donors (Lipinski definition) is 2. The number of phenolic OH excluding ortho intramolecular Hbond substituents is 1. The van der Waals surface area contributed by atoms with Crippen molar-refractivity contribution < 1.29 is 14.6 Å². The van der Waals surface area contributed by atoms with E-state index in [9.17, 15) is 9.90 Å². The molecule has 1 aromatic carbocycles. The Morgan fingerprint density at radius 3 is 2.68 bits per heavy atom. The van der Waals surface area contributed by atoms with E-state index in [0.29, 0.717) is 11.3 Å². The third-order valence-electron chi connectivity index (χ3n) is 2.30. The SMILES string of the molecule is COc1ccc(/C=C(\C#N)C(=O)NC(C)C)cc1O. The number of carbonyl (C=O) groups is 1. The first kappa shape index (κ1) is 14.6. The molecule has 0 radical (unpaired) electrons. The fourth-order valence-corrected chi connectivity index (χ4v) is 1.45. The van der Waals surface area contributed by atoms with Gasteiger partial charge in [-0.3, -0.25) is 4.79 Å². The van der Waals surface area contributed by atoms with Gasteiger partial charge in [-0.1, -0.05) is 6.07 Å². The molecule has 1 rings (SSSR count). The second kappa shape index (κ2) is 6.45. The van der Waals surface area contributed by atoms with Crippen molar-refractivity contribution in [2.24, 2.45) is 0 Å². The van der Waals surface area contributed by atoms with E-state index in [4.69, 9.17) is 10.00 Å². The highest BCUT2D eigenvalue weighted by molar-refractivity contribution is 6.01. The van der Waals surface area contributed by atoms with Gasteiger partial charge in [0.05, 0.1) is 7.11 Å². The lowest BCUT2D eigenvalue weighted by molar-refractivity contribution is -0.117. The predicted octanol–water partition coefficient (Wildman–Crippen LogP) is 1.83. The molecule has 0 unspecified atom stereocenters. The second-order valence-electron chi connectivity index (χ2n) is 4.23. The highest BCUT2D eigenvalue weighted by Crippen LogP contribution is 2.27. The Labute approximate surface area is 112 Å². The number of carbonyl (C=O) groups excluding carboxylic acids is 1. The molecule has 1 amide bonds. The summed E-state index contributed by atoms with van der Waals surface area (Å²) in [4.78, 5) is 11.7. The van der Waals surface area contributed by atoms with E-state index in [1.165, 1.54) is 19.3 Å². The molecule has 19 heavy (non-hydrogen) atoms. The van der Waals surface area contributed by atoms with Crippen LogP contribution in [0.3, 0.4) is 0 Å². The van der Waals surface area contributed by atoms with Gasteiger partial charge in [-0.25, -0.2) is 0 Å². The maximum Gasteiger partial charge on any atom is 0.262 e. The quantitative estimate of drug-likeness (QED) is 0.639. The van der Waals surface area contributed by atoms with Crippen LogP contribution in [0.2, 0.25) is 0 Å². The maximum absolute atomic E-state index is 11.7. The van der Waals surface area contributed by atoms with Gasteiger partial charge in [0.15, 0.2) is 11.5 Å². The van der Waals surface area contributed by atoms with Crippen molar-refractivity contribution >= 4 is 12.0 Å². The summed E-state index contributed by atoms with van der Waals surface area (Å²) in [5.74, 6) is -0.145. The van der Waals surface area contributed by atoms with Gasteiger partial charge >= 0.3 is 0 Å². The van der Waals surface area contributed by atoms with Crippen molar-refractivity contribution in [1.82, 2.24) is 5.32 Å². The lowest BCUT2D eigenvalue weighted by Gasteiger charge is -2.07. The Hall–Kier alpha value is -2.48. The highest BCUT2D eigenvalue weighted by atomic mass is 16.5. The minimum Gasteiger partial charge on any atom is -0.504 e. The number of nitriles is 1. The molecule has 0 heterocycles. The van der Waals surface area contributed by atoms with Crippen LogP contribution in [0, 0.1) is 11.3 Å². The lowest BCUT2D eigenvalue weighted by atomic mass is 10.1. The molecule has 0 aromatic heterocycles. The third kappa shape index (κ3) is 4.03. The number of aromatic hydroxyl groups is 1. The van der Waals surface area contributed by atoms with E-state index in [1.807, 2.05) is 19.9 Å². The van der Waals surface area contributed by atoms with E-state index in [2.05, 4.69) is 5.32 Å². The predicted molar refractivity (Wildman–Crippen MR) is 71.5 cm³/mol. The first-order valence-corrected chi connectivity index (χ1v) is 5.77. The molecule has 2 N–H and O–H groups in total. The van der Waals surface area contributed by atoms with Crippen LogP contribution in [0.5, 0.6) is 11.5 Å². The molecule has 0 aliphatic rings. The molecular weight excluding hydrogens is 244 g/mol. The molecule has 5 heteroatoms. The Balaban J connectivity index is 3.02. The number of phenols is 1. The first-order valence-electron chi connectivity index (χ1n) is 5.77. The van der Waals surface area contributed by atoms with Crippen molar-refractivity contribution in [3.63, 3.8) is 0 Å². The molecule has 0 spiro atoms. The fraction of sp³-hybridized carbons (Fsp3) is 0.286. The van der Waals surface area contributed by atoms with Gasteiger partial charge in [-0.2, -0.15) is 5.26 Å². The summed E-state index contributed by atoms with van der Waals surface area (Å²) < 4.78 is 4.92. The molecule has 0 atom stereocenters. The average Bonchev–Trinajstić information content (AvgIpc) is 2.35. The average molecular weight is 260 g/mol. The summed E-state index contributed by atoms with van der Waals surface area (Å²) in [6.07, 6.45) is 1.41. The summed E-state index contributed by atoms with van der Waals surface area (Å²) in [6, 6.07) is 6.44. The zero-order valence-corrected chi connectivity index (χ0v) is 11.1. The number of rotatable bonds is 4. The number of nitrogens with zero attached hydrogens (tertiary/aromatic N) is 1. The van der Waals surface area contributed by atoms with E-state index in [-0.39, 0.29) is 17.4 Å². The fourth-order valence-electron chi connectivity index (χ4n) is 1.45. The molecular formula is C14H16N2O3. The van der Waals surface area contributed by atoms with Gasteiger partial charge in [-0.05, 0) is 37.6 Å². The molecule has 1 aromatic rings. The minimum atomic E-state index is -0.437. The van der Waals surface area contributed by atoms with Gasteiger partial charge in [0.25, 0.3) is 5.91 Å². The van der Waals surface area contributed by atoms with Gasteiger partial charge in [0, 0.05) is 6.04 Å². The Kier molecular flexibility index (Phi) is 4.95. The minimum absolute atomic E-state index is 0.0155. The van der Waals surface area contributed by atoms with Gasteiger partial charge in [-0.15, -0.1) is 0 Å². The molecule has 0 bridgehead atoms. The van der Waals surface area contributed by atoms with Crippen LogP contribution < -0.4 is 10.1 Å². The highest BCUT2D eigenvalue weighted by Gasteiger charge is 2.10. The maximum atomic E-state index is 11.7. The van der Waals surface area contributed by atoms with Crippen LogP contribution in [-0.4, -0.2) is 24.2 Å². The summed E-state index contributed by atoms with van der Waals surface area (Å²) in [5, 5.41) is 21.2. The largest absolute Gasteiger partial charge is 0.504 e. The van der Waals surface area contributed by atoms with Crippen LogP contribution in [-0.2, 0) is 4.79 Å². The molecule has 0 fully saturated rings. The first-order chi connectivity index (χ1) is 8.97. The van der Waals surface area contributed by atoms with Crippen LogP contribution in [0.4, 0.5) is 0 Å². The molecule has 0 aliphatic carbocycles. The van der Waals surface area contributed by atoms with Crippen LogP contribution in [0.15, 0.2) is 23.8 Å². The molecule has 0 saturated carbocycles. The van der Waals surface area contributed by atoms with Gasteiger partial charge < -0.3 is 15.2 Å². The number of hydrogen-bond acceptors (Lipinski definition) is 4. The van der Waals surface area contributed by atoms with Crippen molar-refractivity contribution in [3.8, 4) is 17.6 Å². The smallest absolute Gasteiger partial charge is 0.262 e. The van der Waals surface area contributed by atoms with Gasteiger partial charge in [0.2, 0.25) is 0 Å². The van der Waals surface area contributed by atoms with E-state index >= 15 is 0 Å². The number of methoxy groups -OCH3 is 1. The van der Waals surface area contributed by atoms with Crippen LogP contribution in [0.1, 0.15) is 19.4 Å². The number of nitrogens with one attached hydrogen (secondary N) is 1. The summed E-state index contributed by atoms with van der Waals surface area (Å²) >= 11 is 0. The van der Waals surface area contributed by atoms with Crippen molar-refractivity contribution in [3.05, 3.63) is 29.3 Å². The topological polar surface area (TPSA) is 82.3 Å². The molecule has 5 nitrogen and oxygen atoms in total. The third-order valence-corrected chi connectivity index (χ3v) is 2.30. The molecule has 0 aliphatic heterocycles. The van der Waals surface area contributed by atoms with Crippen molar-refractivity contribution in [2.75, 3.05) is 7.11 Å². The van der Waals surface area contributed by atoms with Crippen molar-refractivity contribution in [1.29, 1.82) is 5.26 Å². The van der Waals surface area contributed by atoms with Crippen LogP contribution in [0.25, 0.3) is 6.08 Å². The molecule has 100 valence electrons. The summed E-state index contributed by atoms with van der Waals surface area (Å²) in [6.45, 7) is 3.62. The Morgan fingerprint density at radius 1 is 1.53 bits per heavy atom. The van der Waals surface area contributed by atoms with Crippen LogP contribution >= 0.6 is 0 Å². The lowest BCUT2D eigenvalue weighted by Crippen LogP contribution is -2.30. The van der Waals surface area contributed by atoms with E-state index in [1.54, 1.807) is 12.1 Å². The standard InChI is InChI=1S/C14H16N2O3/c1-9(2)16-14(18)11(8-15)6-10-4-5-13(19-3)12(17)7-10/h4-7,9,17H,1-3H3,(H,16,18)/b11-6+. The Morgan fingerprint density at radius 2 is 2.21 bits per heavy atom. The Bertz CT molecular complexity index is 542. The van der Waals surface area contributed by atoms with Gasteiger partial charge in [0.1, 0.15) is 11.6 Å². The number of benzene rings is 1. The summed E-state index contributed by atoms with van der Waals surface area (Å²) in [7, 11) is 1.45. The summed E-state index contributed by atoms with van der Waals surface area (Å²) in [5.41, 5.74) is 0.534. The van der Waals surface area contributed by atoms with E-state index in [0.717, 1.165) is 0 Å². The monoisotopic (exact) mass is 260 g/mol. The second-order valence-corrected chi connectivity index (χ2v) is 4.23.